The lowest BCUT2D eigenvalue weighted by Crippen LogP contribution is -2.43. The van der Waals surface area contributed by atoms with E-state index in [0.29, 0.717) is 17.7 Å². The monoisotopic (exact) mass is 302 g/mol. The van der Waals surface area contributed by atoms with Crippen molar-refractivity contribution in [1.29, 1.82) is 0 Å². The van der Waals surface area contributed by atoms with Crippen molar-refractivity contribution in [1.82, 2.24) is 4.90 Å². The average Bonchev–Trinajstić information content (AvgIpc) is 2.38. The number of nitrogens with zero attached hydrogens (tertiary/aromatic N) is 1. The third-order valence-electron chi connectivity index (χ3n) is 4.86. The highest BCUT2D eigenvalue weighted by Gasteiger charge is 2.28. The fraction of sp³-hybridized carbons (Fsp3) is 0.938. The predicted octanol–water partition coefficient (Wildman–Crippen LogP) is 3.36. The van der Waals surface area contributed by atoms with Gasteiger partial charge in [0.05, 0.1) is 0 Å². The summed E-state index contributed by atoms with van der Waals surface area (Å²) in [6.45, 7) is 2.71. The van der Waals surface area contributed by atoms with Crippen molar-refractivity contribution < 1.29 is 4.79 Å². The van der Waals surface area contributed by atoms with Gasteiger partial charge in [-0.2, -0.15) is 0 Å². The molecule has 1 saturated heterocycles. The fourth-order valence-corrected chi connectivity index (χ4v) is 3.70. The van der Waals surface area contributed by atoms with Gasteiger partial charge in [-0.05, 0) is 44.6 Å². The van der Waals surface area contributed by atoms with E-state index in [4.69, 9.17) is 5.73 Å². The van der Waals surface area contributed by atoms with Crippen LogP contribution in [-0.2, 0) is 4.79 Å². The maximum absolute atomic E-state index is 12.7. The summed E-state index contributed by atoms with van der Waals surface area (Å²) < 4.78 is 0. The van der Waals surface area contributed by atoms with Crippen molar-refractivity contribution >= 4 is 18.3 Å². The summed E-state index contributed by atoms with van der Waals surface area (Å²) >= 11 is 0. The number of halogens is 1. The molecule has 1 aliphatic carbocycles. The van der Waals surface area contributed by atoms with Gasteiger partial charge < -0.3 is 10.6 Å². The van der Waals surface area contributed by atoms with Crippen LogP contribution in [-0.4, -0.2) is 30.4 Å². The van der Waals surface area contributed by atoms with Crippen LogP contribution in [0.1, 0.15) is 64.2 Å². The van der Waals surface area contributed by atoms with Crippen LogP contribution < -0.4 is 5.73 Å². The molecule has 0 bridgehead atoms. The molecule has 1 atom stereocenters. The van der Waals surface area contributed by atoms with E-state index in [0.717, 1.165) is 38.9 Å². The number of rotatable bonds is 3. The zero-order chi connectivity index (χ0) is 13.5. The van der Waals surface area contributed by atoms with Gasteiger partial charge in [0.15, 0.2) is 0 Å². The van der Waals surface area contributed by atoms with Crippen LogP contribution in [0.5, 0.6) is 0 Å². The van der Waals surface area contributed by atoms with Crippen molar-refractivity contribution in [3.05, 3.63) is 0 Å². The van der Waals surface area contributed by atoms with Gasteiger partial charge in [0.25, 0.3) is 0 Å². The second kappa shape index (κ2) is 9.62. The van der Waals surface area contributed by atoms with Crippen LogP contribution in [0.15, 0.2) is 0 Å². The van der Waals surface area contributed by atoms with Crippen molar-refractivity contribution in [3.8, 4) is 0 Å². The summed E-state index contributed by atoms with van der Waals surface area (Å²) in [6, 6.07) is 0. The molecular weight excluding hydrogens is 272 g/mol. The molecule has 0 spiro atoms. The quantitative estimate of drug-likeness (QED) is 0.869. The molecule has 0 aromatic heterocycles. The lowest BCUT2D eigenvalue weighted by molar-refractivity contribution is -0.138. The highest BCUT2D eigenvalue weighted by molar-refractivity contribution is 5.85. The highest BCUT2D eigenvalue weighted by Crippen LogP contribution is 2.27. The van der Waals surface area contributed by atoms with Gasteiger partial charge in [-0.15, -0.1) is 12.4 Å². The highest BCUT2D eigenvalue weighted by atomic mass is 35.5. The molecule has 2 rings (SSSR count). The summed E-state index contributed by atoms with van der Waals surface area (Å²) in [5, 5.41) is 0. The zero-order valence-electron chi connectivity index (χ0n) is 12.7. The van der Waals surface area contributed by atoms with Gasteiger partial charge in [-0.1, -0.05) is 32.1 Å². The van der Waals surface area contributed by atoms with E-state index < -0.39 is 0 Å². The van der Waals surface area contributed by atoms with Crippen LogP contribution in [0, 0.1) is 11.8 Å². The molecule has 4 heteroatoms. The molecule has 0 aromatic carbocycles. The second-order valence-corrected chi connectivity index (χ2v) is 6.41. The number of hydrogen-bond donors (Lipinski definition) is 1. The molecule has 1 aliphatic heterocycles. The summed E-state index contributed by atoms with van der Waals surface area (Å²) in [4.78, 5) is 14.8. The van der Waals surface area contributed by atoms with Crippen LogP contribution in [0.3, 0.4) is 0 Å². The van der Waals surface area contributed by atoms with E-state index in [2.05, 4.69) is 4.90 Å². The molecule has 2 fully saturated rings. The Labute approximate surface area is 130 Å². The van der Waals surface area contributed by atoms with Crippen LogP contribution in [0.4, 0.5) is 0 Å². The van der Waals surface area contributed by atoms with E-state index in [9.17, 15) is 4.79 Å². The van der Waals surface area contributed by atoms with Gasteiger partial charge in [0.1, 0.15) is 0 Å². The molecule has 1 amide bonds. The van der Waals surface area contributed by atoms with Gasteiger partial charge in [0.2, 0.25) is 5.91 Å². The lowest BCUT2D eigenvalue weighted by atomic mass is 9.88. The van der Waals surface area contributed by atoms with E-state index >= 15 is 0 Å². The predicted molar refractivity (Wildman–Crippen MR) is 86.0 cm³/mol. The summed E-state index contributed by atoms with van der Waals surface area (Å²) in [5.41, 5.74) is 5.66. The SMILES string of the molecule is Cl.NCCC1CCCN(C(=O)C2CCCCCCC2)C1. The third-order valence-corrected chi connectivity index (χ3v) is 4.86. The topological polar surface area (TPSA) is 46.3 Å². The summed E-state index contributed by atoms with van der Waals surface area (Å²) in [5.74, 6) is 1.41. The molecule has 1 saturated carbocycles. The van der Waals surface area contributed by atoms with Crippen molar-refractivity contribution in [2.75, 3.05) is 19.6 Å². The van der Waals surface area contributed by atoms with Gasteiger partial charge in [-0.3, -0.25) is 4.79 Å². The maximum Gasteiger partial charge on any atom is 0.225 e. The minimum atomic E-state index is 0. The van der Waals surface area contributed by atoms with E-state index in [1.807, 2.05) is 0 Å². The normalized spacial score (nSPS) is 25.4. The Hall–Kier alpha value is -0.280. The van der Waals surface area contributed by atoms with E-state index in [1.54, 1.807) is 0 Å². The smallest absolute Gasteiger partial charge is 0.225 e. The number of hydrogen-bond acceptors (Lipinski definition) is 2. The van der Waals surface area contributed by atoms with Crippen molar-refractivity contribution in [2.24, 2.45) is 17.6 Å². The Balaban J connectivity index is 0.00000200. The van der Waals surface area contributed by atoms with Gasteiger partial charge in [0, 0.05) is 19.0 Å². The number of carbonyl (C=O) groups excluding carboxylic acids is 1. The fourth-order valence-electron chi connectivity index (χ4n) is 3.70. The van der Waals surface area contributed by atoms with Crippen LogP contribution in [0.2, 0.25) is 0 Å². The van der Waals surface area contributed by atoms with Crippen molar-refractivity contribution in [2.45, 2.75) is 64.2 Å². The Morgan fingerprint density at radius 3 is 2.30 bits per heavy atom. The van der Waals surface area contributed by atoms with Crippen LogP contribution >= 0.6 is 12.4 Å². The Morgan fingerprint density at radius 2 is 1.65 bits per heavy atom. The number of amides is 1. The third kappa shape index (κ3) is 5.25. The lowest BCUT2D eigenvalue weighted by Gasteiger charge is -2.35. The number of carbonyl (C=O) groups is 1. The minimum absolute atomic E-state index is 0. The van der Waals surface area contributed by atoms with E-state index in [-0.39, 0.29) is 12.4 Å². The molecule has 0 radical (unpaired) electrons. The summed E-state index contributed by atoms with van der Waals surface area (Å²) in [7, 11) is 0. The standard InChI is InChI=1S/C16H30N2O.ClH/c17-11-10-14-7-6-12-18(13-14)16(19)15-8-4-2-1-3-5-9-15;/h14-15H,1-13,17H2;1H. The second-order valence-electron chi connectivity index (χ2n) is 6.41. The Morgan fingerprint density at radius 1 is 1.00 bits per heavy atom. The largest absolute Gasteiger partial charge is 0.342 e. The Bertz CT molecular complexity index is 276. The van der Waals surface area contributed by atoms with Crippen LogP contribution in [0.25, 0.3) is 0 Å². The number of piperidine rings is 1. The number of likely N-dealkylation sites (tertiary alicyclic amines) is 1. The van der Waals surface area contributed by atoms with Gasteiger partial charge >= 0.3 is 0 Å². The molecule has 3 nitrogen and oxygen atoms in total. The molecule has 0 aromatic rings. The first kappa shape index (κ1) is 17.8. The number of nitrogens with two attached hydrogens (primary N) is 1. The average molecular weight is 303 g/mol. The first-order chi connectivity index (χ1) is 9.31. The molecule has 2 aliphatic rings. The van der Waals surface area contributed by atoms with Gasteiger partial charge in [-0.25, -0.2) is 0 Å². The molecule has 118 valence electrons. The summed E-state index contributed by atoms with van der Waals surface area (Å²) in [6.07, 6.45) is 12.2. The first-order valence-corrected chi connectivity index (χ1v) is 8.30. The molecule has 1 heterocycles. The minimum Gasteiger partial charge on any atom is -0.342 e. The van der Waals surface area contributed by atoms with E-state index in [1.165, 1.54) is 44.9 Å². The molecule has 20 heavy (non-hydrogen) atoms. The molecule has 1 unspecified atom stereocenters. The Kier molecular flexibility index (Phi) is 8.55. The molecular formula is C16H31ClN2O. The first-order valence-electron chi connectivity index (χ1n) is 8.30. The maximum atomic E-state index is 12.7. The van der Waals surface area contributed by atoms with Crippen molar-refractivity contribution in [3.63, 3.8) is 0 Å². The zero-order valence-corrected chi connectivity index (χ0v) is 13.5. The molecule has 2 N–H and O–H groups in total.